The molecule has 2 aliphatic rings. The molecule has 1 amide bonds. The van der Waals surface area contributed by atoms with Crippen LogP contribution in [-0.4, -0.2) is 46.2 Å². The van der Waals surface area contributed by atoms with Crippen molar-refractivity contribution in [2.24, 2.45) is 11.3 Å². The fourth-order valence-electron chi connectivity index (χ4n) is 4.23. The average molecular weight is 379 g/mol. The molecule has 5 nitrogen and oxygen atoms in total. The molecule has 2 N–H and O–H groups in total. The van der Waals surface area contributed by atoms with Gasteiger partial charge in [0.25, 0.3) is 5.91 Å². The van der Waals surface area contributed by atoms with Crippen LogP contribution in [0, 0.1) is 11.3 Å². The highest BCUT2D eigenvalue weighted by molar-refractivity contribution is 5.96. The number of benzene rings is 2. The summed E-state index contributed by atoms with van der Waals surface area (Å²) < 4.78 is 0. The minimum atomic E-state index is -1.26. The van der Waals surface area contributed by atoms with Crippen molar-refractivity contribution < 1.29 is 19.8 Å². The average Bonchev–Trinajstić information content (AvgIpc) is 3.53. The molecule has 1 aliphatic carbocycles. The normalized spacial score (nSPS) is 24.8. The lowest BCUT2D eigenvalue weighted by Gasteiger charge is -2.43. The maximum atomic E-state index is 13.2. The Hall–Kier alpha value is -2.66. The van der Waals surface area contributed by atoms with Crippen molar-refractivity contribution in [3.05, 3.63) is 60.2 Å². The van der Waals surface area contributed by atoms with E-state index in [9.17, 15) is 19.8 Å². The van der Waals surface area contributed by atoms with Gasteiger partial charge in [0, 0.05) is 18.7 Å². The predicted molar refractivity (Wildman–Crippen MR) is 106 cm³/mol. The third-order valence-electron chi connectivity index (χ3n) is 6.06. The van der Waals surface area contributed by atoms with Gasteiger partial charge in [-0.2, -0.15) is 0 Å². The van der Waals surface area contributed by atoms with Crippen LogP contribution >= 0.6 is 0 Å². The number of piperidine rings is 1. The molecule has 0 radical (unpaired) electrons. The van der Waals surface area contributed by atoms with E-state index in [1.54, 1.807) is 11.0 Å². The van der Waals surface area contributed by atoms with Gasteiger partial charge in [0.15, 0.2) is 0 Å². The zero-order chi connectivity index (χ0) is 19.7. The standard InChI is InChI=1S/C23H25NO4/c25-20-11-12-24(15-23(20,22(27)28)14-16-9-10-16)21(26)19-8-4-7-18(13-19)17-5-2-1-3-6-17/h1-8,13,16,20,25H,9-12,14-15H2,(H,27,28)/t20-,23+/m1/s1. The Balaban J connectivity index is 1.58. The van der Waals surface area contributed by atoms with E-state index in [1.165, 1.54) is 0 Å². The molecule has 28 heavy (non-hydrogen) atoms. The van der Waals surface area contributed by atoms with Crippen LogP contribution in [0.1, 0.15) is 36.0 Å². The summed E-state index contributed by atoms with van der Waals surface area (Å²) in [4.78, 5) is 26.9. The first-order chi connectivity index (χ1) is 13.5. The van der Waals surface area contributed by atoms with E-state index in [2.05, 4.69) is 0 Å². The maximum absolute atomic E-state index is 13.2. The molecule has 1 aliphatic heterocycles. The summed E-state index contributed by atoms with van der Waals surface area (Å²) in [7, 11) is 0. The number of amides is 1. The van der Waals surface area contributed by atoms with Crippen molar-refractivity contribution in [1.82, 2.24) is 4.90 Å². The Morgan fingerprint density at radius 2 is 1.71 bits per heavy atom. The summed E-state index contributed by atoms with van der Waals surface area (Å²) in [6, 6.07) is 17.3. The maximum Gasteiger partial charge on any atom is 0.314 e. The number of carboxylic acids is 1. The van der Waals surface area contributed by atoms with Gasteiger partial charge in [-0.3, -0.25) is 9.59 Å². The summed E-state index contributed by atoms with van der Waals surface area (Å²) in [5.74, 6) is -0.823. The molecule has 1 saturated heterocycles. The van der Waals surface area contributed by atoms with E-state index >= 15 is 0 Å². The molecule has 0 aromatic heterocycles. The van der Waals surface area contributed by atoms with Gasteiger partial charge in [0.1, 0.15) is 5.41 Å². The highest BCUT2D eigenvalue weighted by Gasteiger charge is 2.52. The van der Waals surface area contributed by atoms with Crippen LogP contribution < -0.4 is 0 Å². The number of hydrogen-bond donors (Lipinski definition) is 2. The summed E-state index contributed by atoms with van der Waals surface area (Å²) in [6.45, 7) is 0.434. The molecule has 146 valence electrons. The number of rotatable bonds is 5. The van der Waals surface area contributed by atoms with Crippen LogP contribution in [-0.2, 0) is 4.79 Å². The Kier molecular flexibility index (Phi) is 4.94. The fourth-order valence-corrected chi connectivity index (χ4v) is 4.23. The smallest absolute Gasteiger partial charge is 0.314 e. The Morgan fingerprint density at radius 1 is 1.00 bits per heavy atom. The van der Waals surface area contributed by atoms with Crippen molar-refractivity contribution in [3.63, 3.8) is 0 Å². The molecule has 2 aromatic carbocycles. The van der Waals surface area contributed by atoms with Crippen LogP contribution in [0.2, 0.25) is 0 Å². The monoisotopic (exact) mass is 379 g/mol. The second-order valence-corrected chi connectivity index (χ2v) is 8.09. The van der Waals surface area contributed by atoms with Gasteiger partial charge in [-0.15, -0.1) is 0 Å². The summed E-state index contributed by atoms with van der Waals surface area (Å²) in [5, 5.41) is 20.4. The van der Waals surface area contributed by atoms with Gasteiger partial charge in [-0.25, -0.2) is 0 Å². The van der Waals surface area contributed by atoms with Crippen molar-refractivity contribution in [1.29, 1.82) is 0 Å². The largest absolute Gasteiger partial charge is 0.481 e. The second-order valence-electron chi connectivity index (χ2n) is 8.09. The van der Waals surface area contributed by atoms with Crippen LogP contribution in [0.3, 0.4) is 0 Å². The third-order valence-corrected chi connectivity index (χ3v) is 6.06. The van der Waals surface area contributed by atoms with E-state index in [0.29, 0.717) is 30.9 Å². The van der Waals surface area contributed by atoms with Gasteiger partial charge >= 0.3 is 5.97 Å². The number of aliphatic hydroxyl groups excluding tert-OH is 1. The van der Waals surface area contributed by atoms with Crippen LogP contribution in [0.4, 0.5) is 0 Å². The van der Waals surface area contributed by atoms with Crippen molar-refractivity contribution >= 4 is 11.9 Å². The Labute approximate surface area is 164 Å². The molecule has 1 saturated carbocycles. The van der Waals surface area contributed by atoms with E-state index in [0.717, 1.165) is 24.0 Å². The van der Waals surface area contributed by atoms with Crippen molar-refractivity contribution in [2.45, 2.75) is 31.8 Å². The third kappa shape index (κ3) is 3.54. The number of carbonyl (C=O) groups is 2. The van der Waals surface area contributed by atoms with Crippen LogP contribution in [0.5, 0.6) is 0 Å². The van der Waals surface area contributed by atoms with E-state index < -0.39 is 17.5 Å². The van der Waals surface area contributed by atoms with Crippen LogP contribution in [0.25, 0.3) is 11.1 Å². The Bertz CT molecular complexity index is 877. The highest BCUT2D eigenvalue weighted by atomic mass is 16.4. The predicted octanol–water partition coefficient (Wildman–Crippen LogP) is 3.43. The van der Waals surface area contributed by atoms with Gasteiger partial charge in [0.2, 0.25) is 0 Å². The molecular weight excluding hydrogens is 354 g/mol. The molecule has 2 fully saturated rings. The summed E-state index contributed by atoms with van der Waals surface area (Å²) in [6.07, 6.45) is 1.84. The number of likely N-dealkylation sites (tertiary alicyclic amines) is 1. The van der Waals surface area contributed by atoms with E-state index in [-0.39, 0.29) is 12.5 Å². The minimum absolute atomic E-state index is 0.0639. The lowest BCUT2D eigenvalue weighted by atomic mass is 9.73. The summed E-state index contributed by atoms with van der Waals surface area (Å²) >= 11 is 0. The van der Waals surface area contributed by atoms with Gasteiger partial charge < -0.3 is 15.1 Å². The zero-order valence-corrected chi connectivity index (χ0v) is 15.8. The molecule has 2 atom stereocenters. The molecular formula is C23H25NO4. The van der Waals surface area contributed by atoms with Crippen molar-refractivity contribution in [2.75, 3.05) is 13.1 Å². The topological polar surface area (TPSA) is 77.8 Å². The lowest BCUT2D eigenvalue weighted by Crippen LogP contribution is -2.57. The van der Waals surface area contributed by atoms with Gasteiger partial charge in [0.05, 0.1) is 6.10 Å². The minimum Gasteiger partial charge on any atom is -0.481 e. The molecule has 4 rings (SSSR count). The molecule has 0 spiro atoms. The zero-order valence-electron chi connectivity index (χ0n) is 15.8. The number of nitrogens with zero attached hydrogens (tertiary/aromatic N) is 1. The quantitative estimate of drug-likeness (QED) is 0.834. The molecule has 0 bridgehead atoms. The fraction of sp³-hybridized carbons (Fsp3) is 0.391. The van der Waals surface area contributed by atoms with E-state index in [4.69, 9.17) is 0 Å². The molecule has 5 heteroatoms. The molecule has 2 aromatic rings. The van der Waals surface area contributed by atoms with Gasteiger partial charge in [-0.05, 0) is 42.0 Å². The van der Waals surface area contributed by atoms with Gasteiger partial charge in [-0.1, -0.05) is 55.3 Å². The first kappa shape index (κ1) is 18.7. The summed E-state index contributed by atoms with van der Waals surface area (Å²) in [5.41, 5.74) is 1.26. The Morgan fingerprint density at radius 3 is 2.39 bits per heavy atom. The first-order valence-corrected chi connectivity index (χ1v) is 9.86. The number of aliphatic carboxylic acids is 1. The van der Waals surface area contributed by atoms with E-state index in [1.807, 2.05) is 48.5 Å². The number of hydrogen-bond acceptors (Lipinski definition) is 3. The highest BCUT2D eigenvalue weighted by Crippen LogP contribution is 2.45. The second kappa shape index (κ2) is 7.40. The molecule has 1 heterocycles. The number of carboxylic acid groups (broad SMARTS) is 1. The molecule has 0 unspecified atom stereocenters. The van der Waals surface area contributed by atoms with Crippen molar-refractivity contribution in [3.8, 4) is 11.1 Å². The SMILES string of the molecule is O=C(c1cccc(-c2ccccc2)c1)N1CC[C@@H](O)[C@@](CC2CC2)(C(=O)O)C1. The van der Waals surface area contributed by atoms with Crippen LogP contribution in [0.15, 0.2) is 54.6 Å². The number of carbonyl (C=O) groups excluding carboxylic acids is 1. The number of aliphatic hydroxyl groups is 1. The first-order valence-electron chi connectivity index (χ1n) is 9.86. The lowest BCUT2D eigenvalue weighted by molar-refractivity contribution is -0.163.